The van der Waals surface area contributed by atoms with Crippen molar-refractivity contribution in [3.8, 4) is 23.1 Å². The maximum atomic E-state index is 13.9. The smallest absolute Gasteiger partial charge is 0.270 e. The molecule has 1 heterocycles. The molecule has 3 rings (SSSR count). The molecule has 0 aliphatic rings. The zero-order valence-electron chi connectivity index (χ0n) is 17.1. The largest absolute Gasteiger partial charge is 0.493 e. The molecule has 2 N–H and O–H groups in total. The fourth-order valence-electron chi connectivity index (χ4n) is 2.89. The Morgan fingerprint density at radius 2 is 2.06 bits per heavy atom. The summed E-state index contributed by atoms with van der Waals surface area (Å²) in [7, 11) is 0. The summed E-state index contributed by atoms with van der Waals surface area (Å²) in [6.45, 7) is 2.62. The first-order valence-corrected chi connectivity index (χ1v) is 9.93. The van der Waals surface area contributed by atoms with Gasteiger partial charge in [0.2, 0.25) is 5.95 Å². The van der Waals surface area contributed by atoms with Crippen LogP contribution < -0.4 is 15.7 Å². The maximum absolute atomic E-state index is 13.9. The van der Waals surface area contributed by atoms with Gasteiger partial charge >= 0.3 is 0 Å². The number of aromatic nitrogens is 2. The second-order valence-corrected chi connectivity index (χ2v) is 6.76. The van der Waals surface area contributed by atoms with Gasteiger partial charge in [-0.2, -0.15) is 10.4 Å². The molecule has 7 nitrogen and oxygen atoms in total. The molecular formula is C23H22FN5O2. The number of anilines is 1. The van der Waals surface area contributed by atoms with Gasteiger partial charge in [-0.15, -0.1) is 0 Å². The third kappa shape index (κ3) is 6.00. The van der Waals surface area contributed by atoms with Crippen LogP contribution >= 0.6 is 0 Å². The van der Waals surface area contributed by atoms with Crippen molar-refractivity contribution in [1.29, 1.82) is 5.26 Å². The lowest BCUT2D eigenvalue weighted by atomic mass is 10.1. The van der Waals surface area contributed by atoms with Crippen molar-refractivity contribution in [2.75, 3.05) is 12.0 Å². The SMILES string of the molecule is CCCCCOc1cc(F)cc(C=NNc2nc(-c3ccccc3)c(C#N)c(=O)[nH]2)c1. The Balaban J connectivity index is 1.77. The van der Waals surface area contributed by atoms with E-state index in [1.54, 1.807) is 30.3 Å². The monoisotopic (exact) mass is 419 g/mol. The Morgan fingerprint density at radius 1 is 1.26 bits per heavy atom. The lowest BCUT2D eigenvalue weighted by Crippen LogP contribution is -2.16. The van der Waals surface area contributed by atoms with E-state index in [1.165, 1.54) is 18.3 Å². The number of nitrogens with one attached hydrogen (secondary N) is 2. The van der Waals surface area contributed by atoms with Crippen LogP contribution in [0.5, 0.6) is 5.75 Å². The molecule has 0 saturated carbocycles. The summed E-state index contributed by atoms with van der Waals surface area (Å²) < 4.78 is 19.5. The second kappa shape index (κ2) is 10.7. The van der Waals surface area contributed by atoms with E-state index in [1.807, 2.05) is 12.1 Å². The maximum Gasteiger partial charge on any atom is 0.270 e. The van der Waals surface area contributed by atoms with Crippen molar-refractivity contribution < 1.29 is 9.13 Å². The number of rotatable bonds is 9. The number of ether oxygens (including phenoxy) is 1. The highest BCUT2D eigenvalue weighted by atomic mass is 19.1. The average molecular weight is 419 g/mol. The molecule has 0 saturated heterocycles. The van der Waals surface area contributed by atoms with Gasteiger partial charge < -0.3 is 4.74 Å². The van der Waals surface area contributed by atoms with Crippen LogP contribution in [0.2, 0.25) is 0 Å². The number of aromatic amines is 1. The third-order valence-corrected chi connectivity index (χ3v) is 4.37. The van der Waals surface area contributed by atoms with Gasteiger partial charge in [0.25, 0.3) is 5.56 Å². The number of nitrogens with zero attached hydrogens (tertiary/aromatic N) is 3. The Kier molecular flexibility index (Phi) is 7.49. The molecule has 2 aromatic carbocycles. The average Bonchev–Trinajstić information content (AvgIpc) is 2.77. The summed E-state index contributed by atoms with van der Waals surface area (Å²) in [6.07, 6.45) is 4.42. The fraction of sp³-hybridized carbons (Fsp3) is 0.217. The number of hydrogen-bond acceptors (Lipinski definition) is 6. The van der Waals surface area contributed by atoms with Crippen LogP contribution in [0.1, 0.15) is 37.3 Å². The van der Waals surface area contributed by atoms with Crippen molar-refractivity contribution in [3.63, 3.8) is 0 Å². The van der Waals surface area contributed by atoms with Gasteiger partial charge in [0.05, 0.1) is 18.5 Å². The number of H-pyrrole nitrogens is 1. The molecule has 0 bridgehead atoms. The van der Waals surface area contributed by atoms with E-state index in [9.17, 15) is 14.4 Å². The number of nitriles is 1. The van der Waals surface area contributed by atoms with Crippen molar-refractivity contribution in [3.05, 3.63) is 75.8 Å². The van der Waals surface area contributed by atoms with Crippen molar-refractivity contribution in [2.45, 2.75) is 26.2 Å². The first-order chi connectivity index (χ1) is 15.1. The number of hydrazone groups is 1. The standard InChI is InChI=1S/C23H22FN5O2/c1-2-3-7-10-31-19-12-16(11-18(24)13-19)15-26-29-23-27-21(17-8-5-4-6-9-17)20(14-25)22(30)28-23/h4-6,8-9,11-13,15H,2-3,7,10H2,1H3,(H2,27,28,29,30). The zero-order valence-corrected chi connectivity index (χ0v) is 17.1. The van der Waals surface area contributed by atoms with Gasteiger partial charge in [-0.3, -0.25) is 9.78 Å². The summed E-state index contributed by atoms with van der Waals surface area (Å²) in [5.74, 6) is 0.0473. The lowest BCUT2D eigenvalue weighted by molar-refractivity contribution is 0.305. The molecule has 0 aliphatic heterocycles. The first kappa shape index (κ1) is 21.7. The number of halogens is 1. The van der Waals surface area contributed by atoms with E-state index in [4.69, 9.17) is 4.74 Å². The van der Waals surface area contributed by atoms with Gasteiger partial charge in [0.15, 0.2) is 0 Å². The molecule has 0 atom stereocenters. The third-order valence-electron chi connectivity index (χ3n) is 4.37. The fourth-order valence-corrected chi connectivity index (χ4v) is 2.89. The molecule has 0 radical (unpaired) electrons. The molecule has 0 fully saturated rings. The Bertz CT molecular complexity index is 1150. The predicted octanol–water partition coefficient (Wildman–Crippen LogP) is 4.46. The highest BCUT2D eigenvalue weighted by molar-refractivity contribution is 5.80. The van der Waals surface area contributed by atoms with Gasteiger partial charge in [-0.25, -0.2) is 14.8 Å². The van der Waals surface area contributed by atoms with Crippen LogP contribution in [0, 0.1) is 17.1 Å². The van der Waals surface area contributed by atoms with Crippen LogP contribution in [0.3, 0.4) is 0 Å². The van der Waals surface area contributed by atoms with Gasteiger partial charge in [-0.1, -0.05) is 50.1 Å². The van der Waals surface area contributed by atoms with E-state index in [0.717, 1.165) is 19.3 Å². The van der Waals surface area contributed by atoms with E-state index in [2.05, 4.69) is 27.4 Å². The molecule has 0 amide bonds. The lowest BCUT2D eigenvalue weighted by Gasteiger charge is -2.07. The van der Waals surface area contributed by atoms with Gasteiger partial charge in [0, 0.05) is 17.2 Å². The zero-order chi connectivity index (χ0) is 22.1. The summed E-state index contributed by atoms with van der Waals surface area (Å²) in [6, 6.07) is 15.1. The molecule has 158 valence electrons. The van der Waals surface area contributed by atoms with Crippen molar-refractivity contribution in [2.24, 2.45) is 5.10 Å². The molecule has 0 aliphatic carbocycles. The van der Waals surface area contributed by atoms with E-state index < -0.39 is 11.4 Å². The summed E-state index contributed by atoms with van der Waals surface area (Å²) in [5.41, 5.74) is 3.32. The minimum absolute atomic E-state index is 0.0616. The van der Waals surface area contributed by atoms with E-state index in [-0.39, 0.29) is 17.2 Å². The Labute approximate surface area is 179 Å². The quantitative estimate of drug-likeness (QED) is 0.303. The number of benzene rings is 2. The van der Waals surface area contributed by atoms with Crippen LogP contribution in [0.4, 0.5) is 10.3 Å². The summed E-state index contributed by atoms with van der Waals surface area (Å²) in [4.78, 5) is 19.0. The summed E-state index contributed by atoms with van der Waals surface area (Å²) in [5, 5.41) is 13.3. The van der Waals surface area contributed by atoms with Crippen LogP contribution in [0.25, 0.3) is 11.3 Å². The van der Waals surface area contributed by atoms with Gasteiger partial charge in [-0.05, 0) is 18.6 Å². The molecular weight excluding hydrogens is 397 g/mol. The van der Waals surface area contributed by atoms with Gasteiger partial charge in [0.1, 0.15) is 23.2 Å². The van der Waals surface area contributed by atoms with Crippen molar-refractivity contribution >= 4 is 12.2 Å². The van der Waals surface area contributed by atoms with E-state index >= 15 is 0 Å². The Morgan fingerprint density at radius 3 is 2.81 bits per heavy atom. The molecule has 31 heavy (non-hydrogen) atoms. The highest BCUT2D eigenvalue weighted by Gasteiger charge is 2.12. The number of unbranched alkanes of at least 4 members (excludes halogenated alkanes) is 2. The first-order valence-electron chi connectivity index (χ1n) is 9.93. The molecule has 0 unspecified atom stereocenters. The highest BCUT2D eigenvalue weighted by Crippen LogP contribution is 2.19. The van der Waals surface area contributed by atoms with Crippen LogP contribution in [-0.2, 0) is 0 Å². The molecule has 0 spiro atoms. The molecule has 3 aromatic rings. The predicted molar refractivity (Wildman–Crippen MR) is 118 cm³/mol. The van der Waals surface area contributed by atoms with E-state index in [0.29, 0.717) is 23.5 Å². The second-order valence-electron chi connectivity index (χ2n) is 6.76. The minimum Gasteiger partial charge on any atom is -0.493 e. The van der Waals surface area contributed by atoms with Crippen molar-refractivity contribution in [1.82, 2.24) is 9.97 Å². The number of hydrogen-bond donors (Lipinski definition) is 2. The topological polar surface area (TPSA) is 103 Å². The van der Waals surface area contributed by atoms with Crippen LogP contribution in [-0.4, -0.2) is 22.8 Å². The molecule has 1 aromatic heterocycles. The molecule has 8 heteroatoms. The normalized spacial score (nSPS) is 10.7. The van der Waals surface area contributed by atoms with Crippen LogP contribution in [0.15, 0.2) is 58.4 Å². The minimum atomic E-state index is -0.581. The Hall–Kier alpha value is -3.99. The summed E-state index contributed by atoms with van der Waals surface area (Å²) >= 11 is 0.